The summed E-state index contributed by atoms with van der Waals surface area (Å²) in [5.74, 6) is -1.62. The number of nitrogens with one attached hydrogen (secondary N) is 1. The molecule has 0 aromatic heterocycles. The van der Waals surface area contributed by atoms with Crippen LogP contribution in [0.2, 0.25) is 5.02 Å². The van der Waals surface area contributed by atoms with Gasteiger partial charge in [0.05, 0.1) is 44.6 Å². The van der Waals surface area contributed by atoms with Crippen molar-refractivity contribution < 1.29 is 28.7 Å². The van der Waals surface area contributed by atoms with Crippen LogP contribution in [0.1, 0.15) is 77.8 Å². The van der Waals surface area contributed by atoms with Gasteiger partial charge in [-0.1, -0.05) is 29.8 Å². The number of ether oxygens (including phenoxy) is 1. The summed E-state index contributed by atoms with van der Waals surface area (Å²) in [7, 11) is 0. The molecule has 59 heavy (non-hydrogen) atoms. The fourth-order valence-electron chi connectivity index (χ4n) is 9.15. The zero-order valence-corrected chi connectivity index (χ0v) is 33.6. The first-order chi connectivity index (χ1) is 28.4. The van der Waals surface area contributed by atoms with Crippen LogP contribution in [-0.4, -0.2) is 79.4 Å². The molecule has 0 saturated carbocycles. The smallest absolute Gasteiger partial charge is 0.262 e. The summed E-state index contributed by atoms with van der Waals surface area (Å²) in [4.78, 5) is 71.5. The number of carbonyl (C=O) groups excluding carboxylic acids is 5. The van der Waals surface area contributed by atoms with Crippen LogP contribution in [0.25, 0.3) is 11.1 Å². The summed E-state index contributed by atoms with van der Waals surface area (Å²) in [6, 6.07) is 26.2. The Bertz CT molecular complexity index is 2470. The molecule has 1 N–H and O–H groups in total. The fourth-order valence-corrected chi connectivity index (χ4v) is 9.37. The summed E-state index contributed by atoms with van der Waals surface area (Å²) in [5.41, 5.74) is 6.70. The van der Waals surface area contributed by atoms with Gasteiger partial charge in [-0.05, 0) is 123 Å². The van der Waals surface area contributed by atoms with Gasteiger partial charge in [-0.25, -0.2) is 0 Å². The van der Waals surface area contributed by atoms with Gasteiger partial charge >= 0.3 is 0 Å². The van der Waals surface area contributed by atoms with E-state index in [9.17, 15) is 29.2 Å². The maximum atomic E-state index is 13.7. The molecule has 13 heteroatoms. The Labute approximate surface area is 347 Å². The van der Waals surface area contributed by atoms with Crippen molar-refractivity contribution in [2.75, 3.05) is 47.5 Å². The molecule has 5 amide bonds. The van der Waals surface area contributed by atoms with Crippen LogP contribution in [0.4, 0.5) is 22.7 Å². The average Bonchev–Trinajstić information content (AvgIpc) is 3.87. The van der Waals surface area contributed by atoms with Crippen molar-refractivity contribution in [1.82, 2.24) is 10.2 Å². The van der Waals surface area contributed by atoms with E-state index in [1.165, 1.54) is 0 Å². The molecule has 0 bridgehead atoms. The van der Waals surface area contributed by atoms with Gasteiger partial charge in [0.15, 0.2) is 0 Å². The number of fused-ring (bicyclic) bond motifs is 2. The van der Waals surface area contributed by atoms with E-state index in [4.69, 9.17) is 16.3 Å². The number of nitriles is 1. The van der Waals surface area contributed by atoms with E-state index in [2.05, 4.69) is 51.5 Å². The molecule has 2 unspecified atom stereocenters. The molecule has 0 aliphatic carbocycles. The van der Waals surface area contributed by atoms with Gasteiger partial charge in [0.25, 0.3) is 11.8 Å². The number of imide groups is 2. The summed E-state index contributed by atoms with van der Waals surface area (Å²) in [5, 5.41) is 11.9. The Morgan fingerprint density at radius 3 is 2.20 bits per heavy atom. The zero-order chi connectivity index (χ0) is 41.2. The van der Waals surface area contributed by atoms with E-state index >= 15 is 0 Å². The Morgan fingerprint density at radius 1 is 0.780 bits per heavy atom. The van der Waals surface area contributed by atoms with Crippen molar-refractivity contribution in [3.05, 3.63) is 106 Å². The van der Waals surface area contributed by atoms with Gasteiger partial charge in [-0.15, -0.1) is 0 Å². The standard InChI is InChI=1S/C46H43ClN6O6/c1-46(2)37-21-29(6-12-39(37)52(45(46)58)33-9-5-30(24-48)38(47)23-33)28-3-7-31(8-4-28)51-20-17-34(25-51)59-26-27-15-18-50(19-16-27)32-10-11-35-36(22-32)44(57)53(43(35)56)40-13-14-41(54)49-42(40)55/h3-12,21-23,27,34,40H,13-20,25-26H2,1-2H3,(H,49,54,55). The highest BCUT2D eigenvalue weighted by Gasteiger charge is 2.46. The van der Waals surface area contributed by atoms with Crippen molar-refractivity contribution >= 4 is 63.9 Å². The van der Waals surface area contributed by atoms with Crippen LogP contribution >= 0.6 is 11.6 Å². The van der Waals surface area contributed by atoms with Gasteiger partial charge in [-0.2, -0.15) is 5.26 Å². The third kappa shape index (κ3) is 6.82. The van der Waals surface area contributed by atoms with E-state index in [1.807, 2.05) is 32.0 Å². The summed E-state index contributed by atoms with van der Waals surface area (Å²) >= 11 is 6.34. The molecular weight excluding hydrogens is 768 g/mol. The van der Waals surface area contributed by atoms with Crippen molar-refractivity contribution in [2.24, 2.45) is 5.92 Å². The lowest BCUT2D eigenvalue weighted by Crippen LogP contribution is -2.54. The van der Waals surface area contributed by atoms with Crippen molar-refractivity contribution in [3.8, 4) is 17.2 Å². The number of halogens is 1. The van der Waals surface area contributed by atoms with Crippen LogP contribution in [0.5, 0.6) is 0 Å². The minimum Gasteiger partial charge on any atom is -0.376 e. The minimum atomic E-state index is -0.978. The molecule has 12 nitrogen and oxygen atoms in total. The molecular formula is C46H43ClN6O6. The second-order valence-electron chi connectivity index (χ2n) is 16.6. The largest absolute Gasteiger partial charge is 0.376 e. The Balaban J connectivity index is 0.777. The van der Waals surface area contributed by atoms with E-state index in [0.717, 1.165) is 84.1 Å². The Morgan fingerprint density at radius 2 is 1.47 bits per heavy atom. The molecule has 9 rings (SSSR count). The quantitative estimate of drug-likeness (QED) is 0.191. The molecule has 3 fully saturated rings. The minimum absolute atomic E-state index is 0.0480. The Hall–Kier alpha value is -6.03. The molecule has 5 aliphatic heterocycles. The molecule has 3 saturated heterocycles. The lowest BCUT2D eigenvalue weighted by Gasteiger charge is -2.34. The monoisotopic (exact) mass is 810 g/mol. The van der Waals surface area contributed by atoms with Gasteiger partial charge in [0.2, 0.25) is 17.7 Å². The molecule has 5 heterocycles. The van der Waals surface area contributed by atoms with Gasteiger partial charge in [0.1, 0.15) is 12.1 Å². The van der Waals surface area contributed by atoms with Crippen LogP contribution in [0, 0.1) is 17.2 Å². The average molecular weight is 811 g/mol. The SMILES string of the molecule is CC1(C)C(=O)N(c2ccc(C#N)c(Cl)c2)c2ccc(-c3ccc(N4CCC(OCC5CCN(c6ccc7c(c6)C(=O)N(C6CCC(=O)NC6=O)C7=O)CC5)C4)cc3)cc21. The number of carbonyl (C=O) groups is 5. The number of amides is 5. The summed E-state index contributed by atoms with van der Waals surface area (Å²) in [6.45, 7) is 7.90. The number of nitrogens with zero attached hydrogens (tertiary/aromatic N) is 5. The number of benzene rings is 4. The lowest BCUT2D eigenvalue weighted by atomic mass is 9.84. The first-order valence-electron chi connectivity index (χ1n) is 20.2. The van der Waals surface area contributed by atoms with Crippen LogP contribution in [-0.2, 0) is 24.5 Å². The van der Waals surface area contributed by atoms with Crippen molar-refractivity contribution in [1.29, 1.82) is 5.26 Å². The first kappa shape index (κ1) is 38.5. The predicted molar refractivity (Wildman–Crippen MR) is 223 cm³/mol. The summed E-state index contributed by atoms with van der Waals surface area (Å²) in [6.07, 6.45) is 3.20. The van der Waals surface area contributed by atoms with E-state index in [1.54, 1.807) is 35.2 Å². The first-order valence-corrected chi connectivity index (χ1v) is 20.6. The molecule has 4 aromatic rings. The van der Waals surface area contributed by atoms with Crippen molar-refractivity contribution in [2.45, 2.75) is 63.5 Å². The van der Waals surface area contributed by atoms with Crippen LogP contribution < -0.4 is 20.0 Å². The lowest BCUT2D eigenvalue weighted by molar-refractivity contribution is -0.136. The normalized spacial score (nSPS) is 21.6. The fraction of sp³-hybridized carbons (Fsp3) is 0.348. The topological polar surface area (TPSA) is 143 Å². The maximum absolute atomic E-state index is 13.7. The maximum Gasteiger partial charge on any atom is 0.262 e. The van der Waals surface area contributed by atoms with E-state index < -0.39 is 35.1 Å². The zero-order valence-electron chi connectivity index (χ0n) is 32.9. The molecule has 4 aromatic carbocycles. The van der Waals surface area contributed by atoms with E-state index in [0.29, 0.717) is 34.4 Å². The second-order valence-corrected chi connectivity index (χ2v) is 17.0. The number of anilines is 4. The molecule has 0 spiro atoms. The molecule has 5 aliphatic rings. The number of hydrogen-bond donors (Lipinski definition) is 1. The highest BCUT2D eigenvalue weighted by Crippen LogP contribution is 2.47. The molecule has 2 atom stereocenters. The third-order valence-electron chi connectivity index (χ3n) is 12.7. The predicted octanol–water partition coefficient (Wildman–Crippen LogP) is 6.75. The highest BCUT2D eigenvalue weighted by atomic mass is 35.5. The second kappa shape index (κ2) is 15.0. The molecule has 300 valence electrons. The Kier molecular flexibility index (Phi) is 9.76. The van der Waals surface area contributed by atoms with Crippen LogP contribution in [0.15, 0.2) is 78.9 Å². The van der Waals surface area contributed by atoms with Gasteiger partial charge in [-0.3, -0.25) is 39.1 Å². The molecule has 0 radical (unpaired) electrons. The van der Waals surface area contributed by atoms with E-state index in [-0.39, 0.29) is 30.4 Å². The third-order valence-corrected chi connectivity index (χ3v) is 13.0. The van der Waals surface area contributed by atoms with Gasteiger partial charge < -0.3 is 14.5 Å². The van der Waals surface area contributed by atoms with Crippen LogP contribution in [0.3, 0.4) is 0 Å². The summed E-state index contributed by atoms with van der Waals surface area (Å²) < 4.78 is 6.47. The number of rotatable bonds is 8. The van der Waals surface area contributed by atoms with Crippen molar-refractivity contribution in [3.63, 3.8) is 0 Å². The number of piperidine rings is 2. The number of hydrogen-bond acceptors (Lipinski definition) is 9. The highest BCUT2D eigenvalue weighted by molar-refractivity contribution is 6.32. The van der Waals surface area contributed by atoms with Gasteiger partial charge in [0, 0.05) is 50.6 Å².